The van der Waals surface area contributed by atoms with Gasteiger partial charge in [0.15, 0.2) is 11.6 Å². The number of aromatic nitrogens is 3. The number of rotatable bonds is 11. The van der Waals surface area contributed by atoms with Crippen LogP contribution in [0.3, 0.4) is 0 Å². The van der Waals surface area contributed by atoms with Gasteiger partial charge in [-0.3, -0.25) is 10.2 Å². The number of urea groups is 1. The van der Waals surface area contributed by atoms with Gasteiger partial charge >= 0.3 is 6.03 Å². The third-order valence-electron chi connectivity index (χ3n) is 5.43. The number of halogens is 2. The Balaban J connectivity index is 1.58. The lowest BCUT2D eigenvalue weighted by atomic mass is 9.97. The summed E-state index contributed by atoms with van der Waals surface area (Å²) in [6, 6.07) is 0.551. The molecule has 0 saturated carbocycles. The lowest BCUT2D eigenvalue weighted by molar-refractivity contribution is -0.155. The maximum atomic E-state index is 13.7. The van der Waals surface area contributed by atoms with Crippen molar-refractivity contribution in [3.05, 3.63) is 65.1 Å². The number of carbonyl (C=O) groups excluding carboxylic acids is 1. The quantitative estimate of drug-likeness (QED) is 0.312. The third-order valence-corrected chi connectivity index (χ3v) is 5.43. The van der Waals surface area contributed by atoms with E-state index in [0.29, 0.717) is 42.2 Å². The Labute approximate surface area is 207 Å². The van der Waals surface area contributed by atoms with Crippen LogP contribution in [0.15, 0.2) is 36.4 Å². The lowest BCUT2D eigenvalue weighted by Gasteiger charge is -2.18. The Kier molecular flexibility index (Phi) is 9.87. The number of nitrogens with zero attached hydrogens (tertiary/aromatic N) is 4. The predicted octanol–water partition coefficient (Wildman–Crippen LogP) is 2.12. The van der Waals surface area contributed by atoms with E-state index in [1.807, 2.05) is 0 Å². The van der Waals surface area contributed by atoms with Crippen molar-refractivity contribution in [3.8, 4) is 0 Å². The van der Waals surface area contributed by atoms with Gasteiger partial charge in [-0.15, -0.1) is 0 Å². The molecule has 2 atom stereocenters. The van der Waals surface area contributed by atoms with Crippen molar-refractivity contribution in [3.63, 3.8) is 0 Å². The van der Waals surface area contributed by atoms with Crippen molar-refractivity contribution in [2.45, 2.75) is 19.6 Å². The molecule has 1 saturated heterocycles. The standard InChI is InChI=1S/C23H29F2N7O4/c1-14(20(26)16-9-27-19(13-35-3)28-10-16)7-30-23(33)31-11-17-12-32(4-5-34-2)36-21(17)15-6-18(24)22(25)29-8-15/h6-10,17,21,26H,4-5,11-13H2,1-3H3,(H2,30,31,33)/b14-7+,26-20?/t17-,21+/m1/s1. The smallest absolute Gasteiger partial charge is 0.318 e. The van der Waals surface area contributed by atoms with E-state index in [1.165, 1.54) is 24.8 Å². The molecule has 2 aromatic heterocycles. The average molecular weight is 506 g/mol. The van der Waals surface area contributed by atoms with Crippen LogP contribution in [0.2, 0.25) is 0 Å². The number of hydrogen-bond acceptors (Lipinski definition) is 9. The highest BCUT2D eigenvalue weighted by Gasteiger charge is 2.36. The van der Waals surface area contributed by atoms with Gasteiger partial charge in [-0.2, -0.15) is 9.45 Å². The van der Waals surface area contributed by atoms with Crippen LogP contribution in [0.25, 0.3) is 0 Å². The monoisotopic (exact) mass is 505 g/mol. The summed E-state index contributed by atoms with van der Waals surface area (Å²) in [5, 5.41) is 15.3. The van der Waals surface area contributed by atoms with Gasteiger partial charge in [0.2, 0.25) is 5.95 Å². The molecule has 0 bridgehead atoms. The van der Waals surface area contributed by atoms with Crippen molar-refractivity contribution in [1.82, 2.24) is 30.6 Å². The van der Waals surface area contributed by atoms with Gasteiger partial charge in [0.05, 0.1) is 12.3 Å². The minimum Gasteiger partial charge on any atom is -0.383 e. The number of hydrogen-bond donors (Lipinski definition) is 3. The second-order valence-electron chi connectivity index (χ2n) is 8.09. The molecule has 2 amide bonds. The fraction of sp³-hybridized carbons (Fsp3) is 0.435. The first-order chi connectivity index (χ1) is 17.3. The summed E-state index contributed by atoms with van der Waals surface area (Å²) in [6.07, 6.45) is 5.04. The van der Waals surface area contributed by atoms with Gasteiger partial charge in [0.1, 0.15) is 12.7 Å². The molecule has 36 heavy (non-hydrogen) atoms. The molecule has 13 heteroatoms. The molecular weight excluding hydrogens is 476 g/mol. The summed E-state index contributed by atoms with van der Waals surface area (Å²) in [7, 11) is 3.11. The fourth-order valence-electron chi connectivity index (χ4n) is 3.52. The van der Waals surface area contributed by atoms with E-state index in [-0.39, 0.29) is 24.8 Å². The van der Waals surface area contributed by atoms with Gasteiger partial charge in [-0.25, -0.2) is 24.1 Å². The van der Waals surface area contributed by atoms with E-state index in [1.54, 1.807) is 26.2 Å². The maximum Gasteiger partial charge on any atom is 0.318 e. The fourth-order valence-corrected chi connectivity index (χ4v) is 3.52. The molecule has 3 rings (SSSR count). The number of hydroxylamine groups is 2. The maximum absolute atomic E-state index is 13.7. The minimum atomic E-state index is -1.19. The number of methoxy groups -OCH3 is 2. The van der Waals surface area contributed by atoms with Gasteiger partial charge in [-0.1, -0.05) is 0 Å². The van der Waals surface area contributed by atoms with Crippen molar-refractivity contribution in [2.75, 3.05) is 40.5 Å². The molecule has 11 nitrogen and oxygen atoms in total. The first kappa shape index (κ1) is 27.2. The molecule has 3 N–H and O–H groups in total. The zero-order chi connectivity index (χ0) is 26.1. The number of carbonyl (C=O) groups is 1. The van der Waals surface area contributed by atoms with Crippen LogP contribution >= 0.6 is 0 Å². The summed E-state index contributed by atoms with van der Waals surface area (Å²) in [4.78, 5) is 30.0. The molecule has 0 radical (unpaired) electrons. The zero-order valence-electron chi connectivity index (χ0n) is 20.3. The second kappa shape index (κ2) is 13.1. The zero-order valence-corrected chi connectivity index (χ0v) is 20.3. The highest BCUT2D eigenvalue weighted by atomic mass is 19.2. The van der Waals surface area contributed by atoms with E-state index in [2.05, 4.69) is 25.6 Å². The molecule has 2 aromatic rings. The van der Waals surface area contributed by atoms with Crippen molar-refractivity contribution in [1.29, 1.82) is 5.41 Å². The first-order valence-electron chi connectivity index (χ1n) is 11.1. The Bertz CT molecular complexity index is 1080. The first-order valence-corrected chi connectivity index (χ1v) is 11.1. The van der Waals surface area contributed by atoms with Crippen LogP contribution in [0.4, 0.5) is 13.6 Å². The van der Waals surface area contributed by atoms with Crippen LogP contribution in [-0.2, 0) is 20.9 Å². The summed E-state index contributed by atoms with van der Waals surface area (Å²) in [5.41, 5.74) is 1.51. The van der Waals surface area contributed by atoms with Crippen molar-refractivity contribution in [2.24, 2.45) is 5.92 Å². The Hall–Kier alpha value is -3.39. The number of pyridine rings is 1. The molecule has 0 aliphatic carbocycles. The van der Waals surface area contributed by atoms with Gasteiger partial charge in [-0.05, 0) is 18.6 Å². The molecule has 1 fully saturated rings. The van der Waals surface area contributed by atoms with Crippen LogP contribution in [0.5, 0.6) is 0 Å². The van der Waals surface area contributed by atoms with Crippen LogP contribution in [-0.4, -0.2) is 72.2 Å². The molecule has 1 aliphatic rings. The van der Waals surface area contributed by atoms with E-state index in [9.17, 15) is 13.6 Å². The SMILES string of the molecule is COCCN1C[C@@H](CNC(=O)N/C=C(\C)C(=N)c2cnc(COC)nc2)[C@H](c2cnc(F)c(F)c2)O1. The number of ether oxygens (including phenoxy) is 2. The Morgan fingerprint density at radius 2 is 2.00 bits per heavy atom. The van der Waals surface area contributed by atoms with Crippen LogP contribution in [0, 0.1) is 23.1 Å². The van der Waals surface area contributed by atoms with Crippen LogP contribution < -0.4 is 10.6 Å². The Morgan fingerprint density at radius 1 is 1.25 bits per heavy atom. The Morgan fingerprint density at radius 3 is 2.67 bits per heavy atom. The predicted molar refractivity (Wildman–Crippen MR) is 125 cm³/mol. The average Bonchev–Trinajstić information content (AvgIpc) is 3.29. The summed E-state index contributed by atoms with van der Waals surface area (Å²) < 4.78 is 37.1. The lowest BCUT2D eigenvalue weighted by Crippen LogP contribution is -2.38. The van der Waals surface area contributed by atoms with E-state index >= 15 is 0 Å². The largest absolute Gasteiger partial charge is 0.383 e. The second-order valence-corrected chi connectivity index (χ2v) is 8.09. The third kappa shape index (κ3) is 7.31. The van der Waals surface area contributed by atoms with E-state index in [0.717, 1.165) is 6.07 Å². The van der Waals surface area contributed by atoms with E-state index < -0.39 is 23.9 Å². The molecule has 194 valence electrons. The summed E-state index contributed by atoms with van der Waals surface area (Å²) in [5.74, 6) is -2.02. The molecule has 3 heterocycles. The van der Waals surface area contributed by atoms with Gasteiger partial charge < -0.3 is 20.1 Å². The molecule has 1 aliphatic heterocycles. The minimum absolute atomic E-state index is 0.156. The van der Waals surface area contributed by atoms with Crippen LogP contribution in [0.1, 0.15) is 30.0 Å². The normalized spacial score (nSPS) is 18.3. The molecule has 0 aromatic carbocycles. The summed E-state index contributed by atoms with van der Waals surface area (Å²) >= 11 is 0. The highest BCUT2D eigenvalue weighted by molar-refractivity contribution is 6.09. The molecule has 0 spiro atoms. The van der Waals surface area contributed by atoms with Gasteiger partial charge in [0.25, 0.3) is 0 Å². The number of allylic oxidation sites excluding steroid dienone is 1. The number of amides is 2. The van der Waals surface area contributed by atoms with Crippen molar-refractivity contribution < 1.29 is 27.9 Å². The van der Waals surface area contributed by atoms with Gasteiger partial charge in [0, 0.05) is 75.7 Å². The highest BCUT2D eigenvalue weighted by Crippen LogP contribution is 2.33. The summed E-state index contributed by atoms with van der Waals surface area (Å²) in [6.45, 7) is 3.46. The molecule has 0 unspecified atom stereocenters. The topological polar surface area (TPSA) is 135 Å². The van der Waals surface area contributed by atoms with Crippen molar-refractivity contribution >= 4 is 11.7 Å². The molecular formula is C23H29F2N7O4. The number of nitrogens with one attached hydrogen (secondary N) is 3. The van der Waals surface area contributed by atoms with E-state index in [4.69, 9.17) is 19.7 Å².